The molecule has 0 amide bonds. The molecule has 0 N–H and O–H groups in total. The van der Waals surface area contributed by atoms with E-state index in [-0.39, 0.29) is 5.92 Å². The van der Waals surface area contributed by atoms with Crippen molar-refractivity contribution in [2.45, 2.75) is 50.4 Å². The lowest BCUT2D eigenvalue weighted by Crippen LogP contribution is -2.24. The van der Waals surface area contributed by atoms with Crippen LogP contribution in [0, 0.1) is 5.92 Å². The Balaban J connectivity index is 1.40. The lowest BCUT2D eigenvalue weighted by atomic mass is 9.76. The van der Waals surface area contributed by atoms with Crippen molar-refractivity contribution in [3.8, 4) is 0 Å². The van der Waals surface area contributed by atoms with Crippen LogP contribution in [-0.2, 0) is 0 Å². The minimum atomic E-state index is 0.153. The Kier molecular flexibility index (Phi) is 3.88. The van der Waals surface area contributed by atoms with Crippen LogP contribution >= 0.6 is 0 Å². The number of nitrogens with zero attached hydrogens (tertiary/aromatic N) is 2. The summed E-state index contributed by atoms with van der Waals surface area (Å²) in [5.41, 5.74) is 4.60. The highest BCUT2D eigenvalue weighted by Crippen LogP contribution is 2.43. The third kappa shape index (κ3) is 2.76. The molecular weight excluding hydrogens is 320 g/mol. The summed E-state index contributed by atoms with van der Waals surface area (Å²) in [6.45, 7) is 0. The first-order valence-corrected chi connectivity index (χ1v) is 9.85. The predicted octanol–water partition coefficient (Wildman–Crippen LogP) is 5.37. The molecule has 2 aromatic heterocycles. The van der Waals surface area contributed by atoms with Gasteiger partial charge in [0, 0.05) is 5.92 Å². The number of hydrogen-bond donors (Lipinski definition) is 0. The van der Waals surface area contributed by atoms with Crippen LogP contribution in [0.4, 0.5) is 0 Å². The Morgan fingerprint density at radius 2 is 1.62 bits per heavy atom. The fourth-order valence-corrected chi connectivity index (χ4v) is 4.60. The van der Waals surface area contributed by atoms with Gasteiger partial charge in [0.1, 0.15) is 0 Å². The second kappa shape index (κ2) is 6.39. The normalized spacial score (nSPS) is 23.2. The maximum atomic E-state index is 13.5. The van der Waals surface area contributed by atoms with Crippen molar-refractivity contribution < 1.29 is 4.79 Å². The maximum Gasteiger partial charge on any atom is 0.182 e. The van der Waals surface area contributed by atoms with Crippen LogP contribution < -0.4 is 0 Å². The van der Waals surface area contributed by atoms with E-state index in [1.807, 2.05) is 16.9 Å². The summed E-state index contributed by atoms with van der Waals surface area (Å²) in [6, 6.07) is 15.0. The molecule has 0 bridgehead atoms. The van der Waals surface area contributed by atoms with Crippen LogP contribution in [0.1, 0.15) is 72.0 Å². The summed E-state index contributed by atoms with van der Waals surface area (Å²) >= 11 is 0. The van der Waals surface area contributed by atoms with E-state index in [0.29, 0.717) is 17.6 Å². The van der Waals surface area contributed by atoms with E-state index in [9.17, 15) is 4.79 Å². The van der Waals surface area contributed by atoms with E-state index >= 15 is 0 Å². The molecule has 2 aliphatic rings. The second-order valence-electron chi connectivity index (χ2n) is 7.92. The van der Waals surface area contributed by atoms with Gasteiger partial charge in [0.2, 0.25) is 0 Å². The van der Waals surface area contributed by atoms with Gasteiger partial charge in [-0.1, -0.05) is 36.4 Å². The molecule has 2 fully saturated rings. The number of aromatic nitrogens is 2. The minimum Gasteiger partial charge on any atom is -0.296 e. The number of imidazole rings is 1. The molecule has 3 aromatic rings. The average Bonchev–Trinajstić information content (AvgIpc) is 3.44. The number of fused-ring (bicyclic) bond motifs is 1. The molecule has 0 aliphatic heterocycles. The Bertz CT molecular complexity index is 931. The van der Waals surface area contributed by atoms with Crippen molar-refractivity contribution >= 4 is 11.3 Å². The molecule has 0 radical (unpaired) electrons. The molecule has 0 spiro atoms. The Morgan fingerprint density at radius 1 is 0.885 bits per heavy atom. The zero-order chi connectivity index (χ0) is 17.5. The molecule has 26 heavy (non-hydrogen) atoms. The van der Waals surface area contributed by atoms with Gasteiger partial charge in [0.05, 0.1) is 23.7 Å². The van der Waals surface area contributed by atoms with Crippen molar-refractivity contribution in [3.05, 3.63) is 71.8 Å². The zero-order valence-corrected chi connectivity index (χ0v) is 15.0. The maximum absolute atomic E-state index is 13.5. The van der Waals surface area contributed by atoms with Gasteiger partial charge in [-0.15, -0.1) is 0 Å². The number of Topliss-reactive ketones (excluding diaryl/α,β-unsaturated/α-hetero) is 1. The molecule has 2 heterocycles. The summed E-state index contributed by atoms with van der Waals surface area (Å²) in [4.78, 5) is 17.7. The van der Waals surface area contributed by atoms with E-state index in [0.717, 1.165) is 36.9 Å². The lowest BCUT2D eigenvalue weighted by Gasteiger charge is -2.28. The number of pyridine rings is 1. The summed E-state index contributed by atoms with van der Waals surface area (Å²) in [7, 11) is 0. The number of benzene rings is 1. The number of carbonyl (C=O) groups is 1. The van der Waals surface area contributed by atoms with Crippen molar-refractivity contribution in [1.82, 2.24) is 9.38 Å². The molecular formula is C23H24N2O. The topological polar surface area (TPSA) is 34.4 Å². The van der Waals surface area contributed by atoms with Crippen molar-refractivity contribution in [3.63, 3.8) is 0 Å². The molecule has 132 valence electrons. The fourth-order valence-electron chi connectivity index (χ4n) is 4.60. The quantitative estimate of drug-likeness (QED) is 0.596. The lowest BCUT2D eigenvalue weighted by molar-refractivity contribution is 0.0876. The number of ketones is 1. The molecule has 0 atom stereocenters. The minimum absolute atomic E-state index is 0.153. The van der Waals surface area contributed by atoms with Gasteiger partial charge in [0.15, 0.2) is 5.78 Å². The van der Waals surface area contributed by atoms with E-state index < -0.39 is 0 Å². The molecule has 0 unspecified atom stereocenters. The van der Waals surface area contributed by atoms with Crippen LogP contribution in [0.3, 0.4) is 0 Å². The van der Waals surface area contributed by atoms with E-state index in [1.54, 1.807) is 0 Å². The molecule has 2 aliphatic carbocycles. The Morgan fingerprint density at radius 3 is 2.35 bits per heavy atom. The van der Waals surface area contributed by atoms with E-state index in [4.69, 9.17) is 0 Å². The Hall–Kier alpha value is -2.42. The second-order valence-corrected chi connectivity index (χ2v) is 7.92. The van der Waals surface area contributed by atoms with Crippen LogP contribution in [0.15, 0.2) is 55.0 Å². The Labute approximate surface area is 154 Å². The molecule has 5 rings (SSSR count). The van der Waals surface area contributed by atoms with Gasteiger partial charge in [-0.25, -0.2) is 4.98 Å². The third-order valence-electron chi connectivity index (χ3n) is 6.23. The summed E-state index contributed by atoms with van der Waals surface area (Å²) in [6.07, 6.45) is 10.3. The van der Waals surface area contributed by atoms with Gasteiger partial charge in [-0.2, -0.15) is 0 Å². The van der Waals surface area contributed by atoms with Gasteiger partial charge in [-0.05, 0) is 67.6 Å². The fraction of sp³-hybridized carbons (Fsp3) is 0.391. The summed E-state index contributed by atoms with van der Waals surface area (Å²) in [5, 5.41) is 0. The van der Waals surface area contributed by atoms with E-state index in [1.165, 1.54) is 24.0 Å². The zero-order valence-electron chi connectivity index (χ0n) is 15.0. The molecule has 1 aromatic carbocycles. The van der Waals surface area contributed by atoms with Gasteiger partial charge < -0.3 is 0 Å². The van der Waals surface area contributed by atoms with Crippen molar-refractivity contribution in [1.29, 1.82) is 0 Å². The van der Waals surface area contributed by atoms with Gasteiger partial charge in [-0.3, -0.25) is 9.20 Å². The SMILES string of the molecule is O=C(c1c(C2CC2)ccc2cncn12)C1CCC(c2ccccc2)CC1. The van der Waals surface area contributed by atoms with Gasteiger partial charge in [0.25, 0.3) is 0 Å². The van der Waals surface area contributed by atoms with Crippen molar-refractivity contribution in [2.75, 3.05) is 0 Å². The first kappa shape index (κ1) is 15.8. The first-order valence-electron chi connectivity index (χ1n) is 9.85. The molecule has 3 nitrogen and oxygen atoms in total. The number of carbonyl (C=O) groups excluding carboxylic acids is 1. The van der Waals surface area contributed by atoms with Crippen LogP contribution in [0.25, 0.3) is 5.52 Å². The molecule has 3 heteroatoms. The third-order valence-corrected chi connectivity index (χ3v) is 6.23. The largest absolute Gasteiger partial charge is 0.296 e. The molecule has 2 saturated carbocycles. The average molecular weight is 344 g/mol. The van der Waals surface area contributed by atoms with Crippen LogP contribution in [-0.4, -0.2) is 15.2 Å². The summed E-state index contributed by atoms with van der Waals surface area (Å²) < 4.78 is 2.03. The summed E-state index contributed by atoms with van der Waals surface area (Å²) in [5.74, 6) is 1.66. The number of hydrogen-bond acceptors (Lipinski definition) is 2. The molecule has 0 saturated heterocycles. The van der Waals surface area contributed by atoms with E-state index in [2.05, 4.69) is 47.4 Å². The highest BCUT2D eigenvalue weighted by molar-refractivity contribution is 5.98. The monoisotopic (exact) mass is 344 g/mol. The smallest absolute Gasteiger partial charge is 0.182 e. The standard InChI is InChI=1S/C23H24N2O/c26-23(19-10-6-17(7-11-19)16-4-2-1-3-5-16)22-21(18-8-9-18)13-12-20-14-24-15-25(20)22/h1-5,12-15,17-19H,6-11H2. The van der Waals surface area contributed by atoms with Crippen LogP contribution in [0.2, 0.25) is 0 Å². The highest BCUT2D eigenvalue weighted by Gasteiger charge is 2.34. The highest BCUT2D eigenvalue weighted by atomic mass is 16.1. The van der Waals surface area contributed by atoms with Crippen LogP contribution in [0.5, 0.6) is 0 Å². The number of rotatable bonds is 4. The van der Waals surface area contributed by atoms with Gasteiger partial charge >= 0.3 is 0 Å². The predicted molar refractivity (Wildman–Crippen MR) is 103 cm³/mol. The first-order chi connectivity index (χ1) is 12.8. The van der Waals surface area contributed by atoms with Crippen molar-refractivity contribution in [2.24, 2.45) is 5.92 Å².